The molecule has 0 fully saturated rings. The van der Waals surface area contributed by atoms with Crippen molar-refractivity contribution in [3.8, 4) is 0 Å². The third-order valence-corrected chi connectivity index (χ3v) is 3.63. The maximum Gasteiger partial charge on any atom is 0.0522 e. The van der Waals surface area contributed by atoms with Crippen LogP contribution in [0.1, 0.15) is 24.5 Å². The zero-order valence-corrected chi connectivity index (χ0v) is 10.8. The number of benzene rings is 1. The van der Waals surface area contributed by atoms with Crippen molar-refractivity contribution in [3.63, 3.8) is 0 Å². The summed E-state index contributed by atoms with van der Waals surface area (Å²) in [5, 5.41) is 7.97. The predicted molar refractivity (Wildman–Crippen MR) is 73.8 cm³/mol. The zero-order chi connectivity index (χ0) is 12.4. The highest BCUT2D eigenvalue weighted by Gasteiger charge is 2.17. The highest BCUT2D eigenvalue weighted by atomic mass is 15.3. The first-order valence-electron chi connectivity index (χ1n) is 6.71. The third-order valence-electron chi connectivity index (χ3n) is 3.63. The average molecular weight is 241 g/mol. The fraction of sp³-hybridized carbons (Fsp3) is 0.400. The normalized spacial score (nSPS) is 18.2. The lowest BCUT2D eigenvalue weighted by molar-refractivity contribution is 0.625. The minimum atomic E-state index is 0.536. The smallest absolute Gasteiger partial charge is 0.0522 e. The Morgan fingerprint density at radius 2 is 2.28 bits per heavy atom. The molecule has 2 heterocycles. The summed E-state index contributed by atoms with van der Waals surface area (Å²) in [4.78, 5) is 0. The van der Waals surface area contributed by atoms with Gasteiger partial charge in [0.1, 0.15) is 0 Å². The summed E-state index contributed by atoms with van der Waals surface area (Å²) >= 11 is 0. The molecule has 1 aromatic carbocycles. The number of nitrogens with one attached hydrogen (secondary N) is 1. The maximum atomic E-state index is 4.33. The summed E-state index contributed by atoms with van der Waals surface area (Å²) in [6, 6.07) is 9.15. The molecule has 3 nitrogen and oxygen atoms in total. The van der Waals surface area contributed by atoms with Gasteiger partial charge < -0.3 is 5.32 Å². The molecule has 0 aliphatic carbocycles. The van der Waals surface area contributed by atoms with E-state index < -0.39 is 0 Å². The highest BCUT2D eigenvalue weighted by molar-refractivity contribution is 5.53. The van der Waals surface area contributed by atoms with E-state index in [0.29, 0.717) is 6.04 Å². The molecule has 1 aromatic heterocycles. The van der Waals surface area contributed by atoms with Gasteiger partial charge in [-0.3, -0.25) is 4.68 Å². The van der Waals surface area contributed by atoms with E-state index >= 15 is 0 Å². The lowest BCUT2D eigenvalue weighted by Crippen LogP contribution is -2.27. The number of para-hydroxylation sites is 1. The Morgan fingerprint density at radius 1 is 1.39 bits per heavy atom. The van der Waals surface area contributed by atoms with Gasteiger partial charge in [0.2, 0.25) is 0 Å². The molecule has 3 rings (SSSR count). The summed E-state index contributed by atoms with van der Waals surface area (Å²) in [5.74, 6) is 0. The Bertz CT molecular complexity index is 530. The molecule has 0 amide bonds. The number of fused-ring (bicyclic) bond motifs is 1. The molecule has 1 aliphatic rings. The van der Waals surface area contributed by atoms with Crippen LogP contribution in [0.4, 0.5) is 5.69 Å². The molecule has 1 unspecified atom stereocenters. The van der Waals surface area contributed by atoms with Crippen LogP contribution in [0.2, 0.25) is 0 Å². The summed E-state index contributed by atoms with van der Waals surface area (Å²) in [6.45, 7) is 3.06. The second-order valence-corrected chi connectivity index (χ2v) is 4.95. The highest BCUT2D eigenvalue weighted by Crippen LogP contribution is 2.25. The van der Waals surface area contributed by atoms with Crippen molar-refractivity contribution < 1.29 is 0 Å². The van der Waals surface area contributed by atoms with E-state index in [9.17, 15) is 0 Å². The number of nitrogens with zero attached hydrogens (tertiary/aromatic N) is 2. The van der Waals surface area contributed by atoms with Gasteiger partial charge in [-0.15, -0.1) is 0 Å². The number of anilines is 1. The first-order chi connectivity index (χ1) is 8.85. The van der Waals surface area contributed by atoms with E-state index in [0.717, 1.165) is 13.0 Å². The lowest BCUT2D eigenvalue weighted by Gasteiger charge is -2.26. The van der Waals surface area contributed by atoms with Gasteiger partial charge in [0.05, 0.1) is 6.20 Å². The van der Waals surface area contributed by atoms with Crippen LogP contribution in [0, 0.1) is 0 Å². The summed E-state index contributed by atoms with van der Waals surface area (Å²) in [6.07, 6.45) is 7.59. The SMILES string of the molecule is CCn1cc(CC2CCc3ccccc3N2)cn1. The van der Waals surface area contributed by atoms with E-state index in [1.54, 1.807) is 0 Å². The Kier molecular flexibility index (Phi) is 3.05. The second kappa shape index (κ2) is 4.84. The average Bonchev–Trinajstić information content (AvgIpc) is 2.86. The largest absolute Gasteiger partial charge is 0.382 e. The topological polar surface area (TPSA) is 29.9 Å². The lowest BCUT2D eigenvalue weighted by atomic mass is 9.95. The summed E-state index contributed by atoms with van der Waals surface area (Å²) in [7, 11) is 0. The molecule has 0 radical (unpaired) electrons. The van der Waals surface area contributed by atoms with Crippen LogP contribution in [-0.2, 0) is 19.4 Å². The molecule has 2 aromatic rings. The fourth-order valence-electron chi connectivity index (χ4n) is 2.62. The van der Waals surface area contributed by atoms with Crippen LogP contribution in [0.15, 0.2) is 36.7 Å². The van der Waals surface area contributed by atoms with Crippen LogP contribution < -0.4 is 5.32 Å². The van der Waals surface area contributed by atoms with E-state index in [4.69, 9.17) is 0 Å². The van der Waals surface area contributed by atoms with E-state index in [1.807, 2.05) is 10.9 Å². The Hall–Kier alpha value is -1.77. The van der Waals surface area contributed by atoms with Crippen LogP contribution in [0.3, 0.4) is 0 Å². The van der Waals surface area contributed by atoms with Crippen LogP contribution in [0.25, 0.3) is 0 Å². The third kappa shape index (κ3) is 2.26. The van der Waals surface area contributed by atoms with Gasteiger partial charge in [-0.25, -0.2) is 0 Å². The molecular formula is C15H19N3. The molecule has 0 spiro atoms. The van der Waals surface area contributed by atoms with Gasteiger partial charge in [-0.05, 0) is 43.4 Å². The molecule has 0 bridgehead atoms. The monoisotopic (exact) mass is 241 g/mol. The molecule has 1 N–H and O–H groups in total. The van der Waals surface area contributed by atoms with Gasteiger partial charge in [0, 0.05) is 24.5 Å². The van der Waals surface area contributed by atoms with Gasteiger partial charge >= 0.3 is 0 Å². The molecule has 18 heavy (non-hydrogen) atoms. The van der Waals surface area contributed by atoms with Crippen molar-refractivity contribution >= 4 is 5.69 Å². The number of aromatic nitrogens is 2. The van der Waals surface area contributed by atoms with Crippen molar-refractivity contribution in [2.45, 2.75) is 38.8 Å². The van der Waals surface area contributed by atoms with Gasteiger partial charge in [0.15, 0.2) is 0 Å². The fourth-order valence-corrected chi connectivity index (χ4v) is 2.62. The minimum Gasteiger partial charge on any atom is -0.382 e. The number of rotatable bonds is 3. The Balaban J connectivity index is 1.69. The molecule has 0 saturated carbocycles. The van der Waals surface area contributed by atoms with Gasteiger partial charge in [-0.1, -0.05) is 18.2 Å². The van der Waals surface area contributed by atoms with Crippen molar-refractivity contribution in [3.05, 3.63) is 47.8 Å². The maximum absolute atomic E-state index is 4.33. The molecule has 94 valence electrons. The summed E-state index contributed by atoms with van der Waals surface area (Å²) < 4.78 is 1.99. The molecule has 3 heteroatoms. The van der Waals surface area contributed by atoms with Crippen molar-refractivity contribution in [1.29, 1.82) is 0 Å². The number of hydrogen-bond donors (Lipinski definition) is 1. The number of hydrogen-bond acceptors (Lipinski definition) is 2. The quantitative estimate of drug-likeness (QED) is 0.895. The minimum absolute atomic E-state index is 0.536. The standard InChI is InChI=1S/C15H19N3/c1-2-18-11-12(10-16-18)9-14-8-7-13-5-3-4-6-15(13)17-14/h3-6,10-11,14,17H,2,7-9H2,1H3. The van der Waals surface area contributed by atoms with Crippen LogP contribution in [-0.4, -0.2) is 15.8 Å². The van der Waals surface area contributed by atoms with Gasteiger partial charge in [0.25, 0.3) is 0 Å². The predicted octanol–water partition coefficient (Wildman–Crippen LogP) is 2.87. The summed E-state index contributed by atoms with van der Waals surface area (Å²) in [5.41, 5.74) is 4.07. The first kappa shape index (κ1) is 11.3. The van der Waals surface area contributed by atoms with Gasteiger partial charge in [-0.2, -0.15) is 5.10 Å². The molecular weight excluding hydrogens is 222 g/mol. The Labute approximate surface area is 108 Å². The van der Waals surface area contributed by atoms with Crippen molar-refractivity contribution in [2.75, 3.05) is 5.32 Å². The van der Waals surface area contributed by atoms with E-state index in [-0.39, 0.29) is 0 Å². The zero-order valence-electron chi connectivity index (χ0n) is 10.8. The molecule has 1 atom stereocenters. The second-order valence-electron chi connectivity index (χ2n) is 4.95. The molecule has 1 aliphatic heterocycles. The first-order valence-corrected chi connectivity index (χ1v) is 6.71. The number of aryl methyl sites for hydroxylation is 2. The van der Waals surface area contributed by atoms with Crippen molar-refractivity contribution in [2.24, 2.45) is 0 Å². The van der Waals surface area contributed by atoms with Crippen molar-refractivity contribution in [1.82, 2.24) is 9.78 Å². The van der Waals surface area contributed by atoms with Crippen LogP contribution in [0.5, 0.6) is 0 Å². The van der Waals surface area contributed by atoms with Crippen LogP contribution >= 0.6 is 0 Å². The molecule has 0 saturated heterocycles. The Morgan fingerprint density at radius 3 is 3.11 bits per heavy atom. The van der Waals surface area contributed by atoms with E-state index in [2.05, 4.69) is 47.8 Å². The van der Waals surface area contributed by atoms with E-state index in [1.165, 1.54) is 29.7 Å².